The van der Waals surface area contributed by atoms with E-state index in [9.17, 15) is 8.42 Å². The van der Waals surface area contributed by atoms with Crippen LogP contribution < -0.4 is 9.46 Å². The third-order valence-electron chi connectivity index (χ3n) is 4.15. The Hall–Kier alpha value is -1.86. The summed E-state index contributed by atoms with van der Waals surface area (Å²) in [5.41, 5.74) is 0.373. The lowest BCUT2D eigenvalue weighted by atomic mass is 10.1. The number of rotatable bonds is 6. The van der Waals surface area contributed by atoms with Crippen LogP contribution in [0, 0.1) is 0 Å². The number of ether oxygens (including phenoxy) is 1. The average Bonchev–Trinajstić information content (AvgIpc) is 3.10. The van der Waals surface area contributed by atoms with Crippen molar-refractivity contribution in [1.29, 1.82) is 0 Å². The van der Waals surface area contributed by atoms with Crippen LogP contribution in [0.2, 0.25) is 0 Å². The first-order valence-corrected chi connectivity index (χ1v) is 9.07. The third-order valence-corrected chi connectivity index (χ3v) is 5.57. The van der Waals surface area contributed by atoms with Gasteiger partial charge in [0.25, 0.3) is 10.0 Å². The van der Waals surface area contributed by atoms with Crippen molar-refractivity contribution < 1.29 is 13.2 Å². The highest BCUT2D eigenvalue weighted by molar-refractivity contribution is 7.89. The summed E-state index contributed by atoms with van der Waals surface area (Å²) in [5, 5.41) is 0.0559. The molecule has 1 aliphatic rings. The van der Waals surface area contributed by atoms with Gasteiger partial charge in [-0.15, -0.1) is 0 Å². The number of aromatic nitrogens is 2. The predicted molar refractivity (Wildman–Crippen MR) is 86.8 cm³/mol. The Morgan fingerprint density at radius 1 is 1.35 bits per heavy atom. The molecule has 3 rings (SSSR count). The van der Waals surface area contributed by atoms with Crippen molar-refractivity contribution in [3.63, 3.8) is 0 Å². The molecule has 0 amide bonds. The summed E-state index contributed by atoms with van der Waals surface area (Å²) in [6.45, 7) is 3.95. The molecule has 0 radical (unpaired) electrons. The van der Waals surface area contributed by atoms with E-state index in [4.69, 9.17) is 4.74 Å². The van der Waals surface area contributed by atoms with Gasteiger partial charge in [-0.3, -0.25) is 0 Å². The molecule has 1 aliphatic carbocycles. The SMILES string of the molecule is COc1cccc(C2(NS(=O)(=O)c3cn(C(C)C)cn3)CC2)c1. The van der Waals surface area contributed by atoms with Gasteiger partial charge in [0, 0.05) is 12.2 Å². The van der Waals surface area contributed by atoms with Crippen LogP contribution in [-0.2, 0) is 15.6 Å². The van der Waals surface area contributed by atoms with E-state index in [0.29, 0.717) is 0 Å². The summed E-state index contributed by atoms with van der Waals surface area (Å²) in [6.07, 6.45) is 4.65. The van der Waals surface area contributed by atoms with E-state index >= 15 is 0 Å². The summed E-state index contributed by atoms with van der Waals surface area (Å²) < 4.78 is 35.1. The molecule has 1 aromatic carbocycles. The second-order valence-electron chi connectivity index (χ2n) is 6.17. The van der Waals surface area contributed by atoms with Gasteiger partial charge >= 0.3 is 0 Å². The smallest absolute Gasteiger partial charge is 0.260 e. The Balaban J connectivity index is 1.87. The van der Waals surface area contributed by atoms with E-state index in [1.54, 1.807) is 24.2 Å². The maximum Gasteiger partial charge on any atom is 0.260 e. The lowest BCUT2D eigenvalue weighted by Gasteiger charge is -2.18. The molecule has 0 atom stereocenters. The van der Waals surface area contributed by atoms with E-state index in [2.05, 4.69) is 9.71 Å². The molecule has 0 unspecified atom stereocenters. The average molecular weight is 335 g/mol. The second kappa shape index (κ2) is 5.65. The van der Waals surface area contributed by atoms with Crippen LogP contribution in [-0.4, -0.2) is 25.1 Å². The number of nitrogens with zero attached hydrogens (tertiary/aromatic N) is 2. The Bertz CT molecular complexity index is 807. The van der Waals surface area contributed by atoms with Crippen molar-refractivity contribution in [2.75, 3.05) is 7.11 Å². The number of hydrogen-bond donors (Lipinski definition) is 1. The highest BCUT2D eigenvalue weighted by Gasteiger charge is 2.48. The minimum absolute atomic E-state index is 0.0559. The van der Waals surface area contributed by atoms with Crippen LogP contribution in [0.15, 0.2) is 41.8 Å². The van der Waals surface area contributed by atoms with E-state index in [-0.39, 0.29) is 11.1 Å². The molecule has 2 aromatic rings. The molecule has 1 fully saturated rings. The molecule has 0 spiro atoms. The Kier molecular flexibility index (Phi) is 3.93. The van der Waals surface area contributed by atoms with Gasteiger partial charge in [0.1, 0.15) is 5.75 Å². The quantitative estimate of drug-likeness (QED) is 0.880. The molecule has 7 heteroatoms. The molecule has 1 saturated carbocycles. The van der Waals surface area contributed by atoms with Gasteiger partial charge in [0.2, 0.25) is 0 Å². The lowest BCUT2D eigenvalue weighted by Crippen LogP contribution is -2.35. The zero-order chi connectivity index (χ0) is 16.7. The Morgan fingerprint density at radius 3 is 2.65 bits per heavy atom. The minimum atomic E-state index is -3.66. The van der Waals surface area contributed by atoms with Gasteiger partial charge in [-0.1, -0.05) is 12.1 Å². The van der Waals surface area contributed by atoms with E-state index < -0.39 is 15.6 Å². The van der Waals surface area contributed by atoms with Crippen molar-refractivity contribution in [3.8, 4) is 5.75 Å². The zero-order valence-electron chi connectivity index (χ0n) is 13.5. The standard InChI is InChI=1S/C16H21N3O3S/c1-12(2)19-10-15(17-11-19)23(20,21)18-16(7-8-16)13-5-4-6-14(9-13)22-3/h4-6,9-12,18H,7-8H2,1-3H3. The lowest BCUT2D eigenvalue weighted by molar-refractivity contribution is 0.413. The molecule has 124 valence electrons. The van der Waals surface area contributed by atoms with Gasteiger partial charge in [-0.25, -0.2) is 13.4 Å². The molecule has 6 nitrogen and oxygen atoms in total. The fourth-order valence-corrected chi connectivity index (χ4v) is 3.93. The highest BCUT2D eigenvalue weighted by Crippen LogP contribution is 2.47. The van der Waals surface area contributed by atoms with Crippen LogP contribution in [0.4, 0.5) is 0 Å². The number of imidazole rings is 1. The van der Waals surface area contributed by atoms with Crippen LogP contribution in [0.3, 0.4) is 0 Å². The number of methoxy groups -OCH3 is 1. The van der Waals surface area contributed by atoms with Crippen molar-refractivity contribution >= 4 is 10.0 Å². The van der Waals surface area contributed by atoms with Crippen LogP contribution in [0.1, 0.15) is 38.3 Å². The third kappa shape index (κ3) is 3.11. The Morgan fingerprint density at radius 2 is 2.09 bits per heavy atom. The number of nitrogens with one attached hydrogen (secondary N) is 1. The second-order valence-corrected chi connectivity index (χ2v) is 7.80. The fraction of sp³-hybridized carbons (Fsp3) is 0.438. The fourth-order valence-electron chi connectivity index (χ4n) is 2.54. The van der Waals surface area contributed by atoms with Crippen LogP contribution >= 0.6 is 0 Å². The maximum atomic E-state index is 12.6. The van der Waals surface area contributed by atoms with Gasteiger partial charge < -0.3 is 9.30 Å². The first kappa shape index (κ1) is 16.0. The molecule has 1 aromatic heterocycles. The summed E-state index contributed by atoms with van der Waals surface area (Å²) in [7, 11) is -2.06. The topological polar surface area (TPSA) is 73.2 Å². The Labute approximate surface area is 136 Å². The molecule has 0 aliphatic heterocycles. The number of sulfonamides is 1. The first-order chi connectivity index (χ1) is 10.9. The summed E-state index contributed by atoms with van der Waals surface area (Å²) in [6, 6.07) is 7.68. The van der Waals surface area contributed by atoms with E-state index in [1.807, 2.05) is 38.1 Å². The summed E-state index contributed by atoms with van der Waals surface area (Å²) in [5.74, 6) is 0.719. The minimum Gasteiger partial charge on any atom is -0.497 e. The van der Waals surface area contributed by atoms with Crippen molar-refractivity contribution in [3.05, 3.63) is 42.4 Å². The summed E-state index contributed by atoms with van der Waals surface area (Å²) in [4.78, 5) is 4.04. The van der Waals surface area contributed by atoms with Gasteiger partial charge in [0.05, 0.1) is 19.0 Å². The molecule has 0 saturated heterocycles. The van der Waals surface area contributed by atoms with Gasteiger partial charge in [-0.2, -0.15) is 4.72 Å². The largest absolute Gasteiger partial charge is 0.497 e. The van der Waals surface area contributed by atoms with Gasteiger partial charge in [0.15, 0.2) is 5.03 Å². The summed E-state index contributed by atoms with van der Waals surface area (Å²) >= 11 is 0. The molecule has 1 N–H and O–H groups in total. The van der Waals surface area contributed by atoms with Crippen molar-refractivity contribution in [2.24, 2.45) is 0 Å². The molecule has 1 heterocycles. The van der Waals surface area contributed by atoms with Gasteiger partial charge in [-0.05, 0) is 44.4 Å². The van der Waals surface area contributed by atoms with E-state index in [1.165, 1.54) is 0 Å². The first-order valence-electron chi connectivity index (χ1n) is 7.58. The van der Waals surface area contributed by atoms with E-state index in [0.717, 1.165) is 24.2 Å². The molecule has 0 bridgehead atoms. The highest BCUT2D eigenvalue weighted by atomic mass is 32.2. The molecule has 23 heavy (non-hydrogen) atoms. The molecular formula is C16H21N3O3S. The monoisotopic (exact) mass is 335 g/mol. The predicted octanol–water partition coefficient (Wildman–Crippen LogP) is 2.44. The van der Waals surface area contributed by atoms with Crippen LogP contribution in [0.25, 0.3) is 0 Å². The van der Waals surface area contributed by atoms with Crippen LogP contribution in [0.5, 0.6) is 5.75 Å². The maximum absolute atomic E-state index is 12.6. The normalized spacial score (nSPS) is 16.5. The van der Waals surface area contributed by atoms with Crippen molar-refractivity contribution in [1.82, 2.24) is 14.3 Å². The zero-order valence-corrected chi connectivity index (χ0v) is 14.3. The molecular weight excluding hydrogens is 314 g/mol. The number of benzene rings is 1. The van der Waals surface area contributed by atoms with Crippen molar-refractivity contribution in [2.45, 2.75) is 43.3 Å². The number of hydrogen-bond acceptors (Lipinski definition) is 4.